The Morgan fingerprint density at radius 1 is 1.00 bits per heavy atom. The lowest BCUT2D eigenvalue weighted by atomic mass is 10.2. The third-order valence-corrected chi connectivity index (χ3v) is 4.68. The monoisotopic (exact) mass is 397 g/mol. The van der Waals surface area contributed by atoms with E-state index in [1.165, 1.54) is 30.9 Å². The quantitative estimate of drug-likeness (QED) is 0.688. The minimum atomic E-state index is -0.559. The van der Waals surface area contributed by atoms with Gasteiger partial charge in [0, 0.05) is 18.3 Å². The first kappa shape index (κ1) is 20.2. The molecule has 2 aromatic carbocycles. The van der Waals surface area contributed by atoms with Gasteiger partial charge in [-0.2, -0.15) is 0 Å². The predicted octanol–water partition coefficient (Wildman–Crippen LogP) is 2.15. The number of hydrogen-bond donors (Lipinski definition) is 1. The zero-order chi connectivity index (χ0) is 21.1. The molecule has 0 bridgehead atoms. The molecule has 0 spiro atoms. The van der Waals surface area contributed by atoms with Gasteiger partial charge in [-0.15, -0.1) is 0 Å². The Kier molecular flexibility index (Phi) is 5.72. The average molecular weight is 397 g/mol. The van der Waals surface area contributed by atoms with Gasteiger partial charge in [-0.1, -0.05) is 17.7 Å². The summed E-state index contributed by atoms with van der Waals surface area (Å²) < 4.78 is 12.9. The van der Waals surface area contributed by atoms with Gasteiger partial charge in [-0.25, -0.2) is 4.79 Å². The van der Waals surface area contributed by atoms with Crippen LogP contribution in [0.4, 0.5) is 5.69 Å². The number of aryl methyl sites for hydroxylation is 1. The predicted molar refractivity (Wildman–Crippen MR) is 111 cm³/mol. The maximum atomic E-state index is 12.9. The van der Waals surface area contributed by atoms with Crippen molar-refractivity contribution >= 4 is 22.5 Å². The van der Waals surface area contributed by atoms with E-state index in [-0.39, 0.29) is 24.4 Å². The molecule has 0 aliphatic rings. The van der Waals surface area contributed by atoms with Gasteiger partial charge in [-0.3, -0.25) is 18.7 Å². The second-order valence-electron chi connectivity index (χ2n) is 6.56. The van der Waals surface area contributed by atoms with Gasteiger partial charge in [0.25, 0.3) is 5.56 Å². The second-order valence-corrected chi connectivity index (χ2v) is 6.56. The van der Waals surface area contributed by atoms with Gasteiger partial charge in [0.15, 0.2) is 11.5 Å². The summed E-state index contributed by atoms with van der Waals surface area (Å²) in [7, 11) is 2.93. The first-order valence-corrected chi connectivity index (χ1v) is 9.15. The molecule has 152 valence electrons. The standard InChI is InChI=1S/C21H23N3O5/c1-5-23-20(26)15-10-17(28-3)18(29-4)11-16(15)24(21(23)27)12-19(25)22-14-8-6-13(2)7-9-14/h6-11H,5,12H2,1-4H3,(H,22,25). The number of anilines is 1. The Hall–Kier alpha value is -3.55. The molecule has 3 rings (SSSR count). The number of methoxy groups -OCH3 is 2. The highest BCUT2D eigenvalue weighted by atomic mass is 16.5. The Morgan fingerprint density at radius 3 is 2.21 bits per heavy atom. The molecule has 0 unspecified atom stereocenters. The number of carbonyl (C=O) groups excluding carboxylic acids is 1. The summed E-state index contributed by atoms with van der Waals surface area (Å²) in [4.78, 5) is 38.3. The highest BCUT2D eigenvalue weighted by Crippen LogP contribution is 2.30. The van der Waals surface area contributed by atoms with E-state index in [0.717, 1.165) is 10.1 Å². The summed E-state index contributed by atoms with van der Waals surface area (Å²) in [6.07, 6.45) is 0. The number of benzene rings is 2. The van der Waals surface area contributed by atoms with Crippen molar-refractivity contribution in [3.63, 3.8) is 0 Å². The molecule has 8 nitrogen and oxygen atoms in total. The number of rotatable bonds is 6. The molecule has 1 heterocycles. The maximum absolute atomic E-state index is 12.9. The van der Waals surface area contributed by atoms with Crippen LogP contribution in [0.1, 0.15) is 12.5 Å². The zero-order valence-electron chi connectivity index (χ0n) is 16.8. The minimum Gasteiger partial charge on any atom is -0.493 e. The first-order valence-electron chi connectivity index (χ1n) is 9.15. The number of fused-ring (bicyclic) bond motifs is 1. The van der Waals surface area contributed by atoms with E-state index in [0.29, 0.717) is 22.7 Å². The van der Waals surface area contributed by atoms with E-state index in [1.807, 2.05) is 19.1 Å². The van der Waals surface area contributed by atoms with Crippen molar-refractivity contribution in [2.45, 2.75) is 26.9 Å². The van der Waals surface area contributed by atoms with Crippen LogP contribution in [-0.4, -0.2) is 29.3 Å². The van der Waals surface area contributed by atoms with Crippen molar-refractivity contribution in [1.82, 2.24) is 9.13 Å². The van der Waals surface area contributed by atoms with Crippen LogP contribution in [0.2, 0.25) is 0 Å². The van der Waals surface area contributed by atoms with Gasteiger partial charge < -0.3 is 14.8 Å². The normalized spacial score (nSPS) is 10.8. The van der Waals surface area contributed by atoms with Crippen molar-refractivity contribution in [3.8, 4) is 11.5 Å². The van der Waals surface area contributed by atoms with Crippen LogP contribution >= 0.6 is 0 Å². The Bertz CT molecular complexity index is 1180. The zero-order valence-corrected chi connectivity index (χ0v) is 16.8. The minimum absolute atomic E-state index is 0.182. The maximum Gasteiger partial charge on any atom is 0.331 e. The summed E-state index contributed by atoms with van der Waals surface area (Å²) in [5, 5.41) is 3.04. The topological polar surface area (TPSA) is 91.6 Å². The third-order valence-electron chi connectivity index (χ3n) is 4.68. The molecule has 0 saturated heterocycles. The molecule has 0 aliphatic carbocycles. The van der Waals surface area contributed by atoms with Crippen LogP contribution < -0.4 is 26.0 Å². The fourth-order valence-corrected chi connectivity index (χ4v) is 3.16. The summed E-state index contributed by atoms with van der Waals surface area (Å²) in [6.45, 7) is 3.58. The molecule has 29 heavy (non-hydrogen) atoms. The van der Waals surface area contributed by atoms with E-state index in [9.17, 15) is 14.4 Å². The van der Waals surface area contributed by atoms with Crippen molar-refractivity contribution in [2.24, 2.45) is 0 Å². The van der Waals surface area contributed by atoms with Crippen LogP contribution in [0.15, 0.2) is 46.0 Å². The van der Waals surface area contributed by atoms with Gasteiger partial charge >= 0.3 is 5.69 Å². The molecule has 0 atom stereocenters. The van der Waals surface area contributed by atoms with Gasteiger partial charge in [0.05, 0.1) is 25.1 Å². The van der Waals surface area contributed by atoms with Crippen LogP contribution in [0, 0.1) is 6.92 Å². The Balaban J connectivity index is 2.12. The molecule has 1 aromatic heterocycles. The number of nitrogens with one attached hydrogen (secondary N) is 1. The number of hydrogen-bond acceptors (Lipinski definition) is 5. The van der Waals surface area contributed by atoms with Crippen molar-refractivity contribution < 1.29 is 14.3 Å². The van der Waals surface area contributed by atoms with E-state index in [2.05, 4.69) is 5.32 Å². The lowest BCUT2D eigenvalue weighted by Gasteiger charge is -2.15. The van der Waals surface area contributed by atoms with Crippen LogP contribution in [0.25, 0.3) is 10.9 Å². The summed E-state index contributed by atoms with van der Waals surface area (Å²) >= 11 is 0. The average Bonchev–Trinajstić information content (AvgIpc) is 2.72. The van der Waals surface area contributed by atoms with Crippen molar-refractivity contribution in [2.75, 3.05) is 19.5 Å². The number of nitrogens with zero attached hydrogens (tertiary/aromatic N) is 2. The highest BCUT2D eigenvalue weighted by Gasteiger charge is 2.18. The van der Waals surface area contributed by atoms with E-state index < -0.39 is 11.2 Å². The molecule has 0 radical (unpaired) electrons. The fraction of sp³-hybridized carbons (Fsp3) is 0.286. The van der Waals surface area contributed by atoms with Crippen molar-refractivity contribution in [1.29, 1.82) is 0 Å². The number of aromatic nitrogens is 2. The van der Waals surface area contributed by atoms with Crippen molar-refractivity contribution in [3.05, 3.63) is 62.8 Å². The molecule has 3 aromatic rings. The third kappa shape index (κ3) is 3.87. The van der Waals surface area contributed by atoms with Crippen LogP contribution in [-0.2, 0) is 17.9 Å². The molecule has 0 fully saturated rings. The Morgan fingerprint density at radius 2 is 1.62 bits per heavy atom. The lowest BCUT2D eigenvalue weighted by Crippen LogP contribution is -2.41. The van der Waals surface area contributed by atoms with Gasteiger partial charge in [0.1, 0.15) is 6.54 Å². The molecular weight excluding hydrogens is 374 g/mol. The SMILES string of the molecule is CCn1c(=O)c2cc(OC)c(OC)cc2n(CC(=O)Nc2ccc(C)cc2)c1=O. The molecule has 1 amide bonds. The summed E-state index contributed by atoms with van der Waals surface area (Å²) in [5.74, 6) is 0.350. The first-order chi connectivity index (χ1) is 13.9. The van der Waals surface area contributed by atoms with E-state index >= 15 is 0 Å². The van der Waals surface area contributed by atoms with Gasteiger partial charge in [0.2, 0.25) is 5.91 Å². The molecule has 1 N–H and O–H groups in total. The summed E-state index contributed by atoms with van der Waals surface area (Å²) in [6, 6.07) is 10.4. The van der Waals surface area contributed by atoms with E-state index in [4.69, 9.17) is 9.47 Å². The van der Waals surface area contributed by atoms with Crippen LogP contribution in [0.3, 0.4) is 0 Å². The largest absolute Gasteiger partial charge is 0.493 e. The number of ether oxygens (including phenoxy) is 2. The smallest absolute Gasteiger partial charge is 0.331 e. The highest BCUT2D eigenvalue weighted by molar-refractivity contribution is 5.92. The number of carbonyl (C=O) groups is 1. The molecule has 0 aliphatic heterocycles. The second kappa shape index (κ2) is 8.22. The molecular formula is C21H23N3O5. The van der Waals surface area contributed by atoms with Gasteiger partial charge in [-0.05, 0) is 32.0 Å². The van der Waals surface area contributed by atoms with Crippen LogP contribution in [0.5, 0.6) is 11.5 Å². The number of amides is 1. The molecule has 8 heteroatoms. The van der Waals surface area contributed by atoms with E-state index in [1.54, 1.807) is 19.1 Å². The summed E-state index contributed by atoms with van der Waals surface area (Å²) in [5.41, 5.74) is 1.00. The lowest BCUT2D eigenvalue weighted by molar-refractivity contribution is -0.116. The molecule has 0 saturated carbocycles. The Labute approximate surface area is 167 Å². The fourth-order valence-electron chi connectivity index (χ4n) is 3.16.